The fraction of sp³-hybridized carbons (Fsp3) is 0.500. The van der Waals surface area contributed by atoms with E-state index in [1.807, 2.05) is 23.0 Å². The lowest BCUT2D eigenvalue weighted by atomic mass is 10.2. The van der Waals surface area contributed by atoms with Gasteiger partial charge in [-0.2, -0.15) is 5.10 Å². The van der Waals surface area contributed by atoms with Crippen molar-refractivity contribution < 1.29 is 14.3 Å². The zero-order chi connectivity index (χ0) is 18.2. The van der Waals surface area contributed by atoms with Crippen LogP contribution >= 0.6 is 0 Å². The topological polar surface area (TPSA) is 65.4 Å². The molecule has 1 saturated heterocycles. The second-order valence-corrected chi connectivity index (χ2v) is 6.62. The molecule has 1 amide bonds. The minimum atomic E-state index is -0.154. The minimum Gasteiger partial charge on any atom is -0.494 e. The second-order valence-electron chi connectivity index (χ2n) is 6.62. The Morgan fingerprint density at radius 2 is 2.19 bits per heavy atom. The SMILES string of the molecule is CCCCCOc1ccc(C(=O)Nc2cnn(CC3CCCO3)c2)cc1. The van der Waals surface area contributed by atoms with E-state index in [0.717, 1.165) is 38.2 Å². The van der Waals surface area contributed by atoms with Crippen molar-refractivity contribution >= 4 is 11.6 Å². The highest BCUT2D eigenvalue weighted by atomic mass is 16.5. The van der Waals surface area contributed by atoms with Gasteiger partial charge in [0.2, 0.25) is 0 Å². The summed E-state index contributed by atoms with van der Waals surface area (Å²) in [5.41, 5.74) is 1.28. The average molecular weight is 357 g/mol. The monoisotopic (exact) mass is 357 g/mol. The summed E-state index contributed by atoms with van der Waals surface area (Å²) in [6.07, 6.45) is 9.29. The summed E-state index contributed by atoms with van der Waals surface area (Å²) in [6.45, 7) is 4.43. The van der Waals surface area contributed by atoms with Crippen LogP contribution in [0, 0.1) is 0 Å². The van der Waals surface area contributed by atoms with E-state index >= 15 is 0 Å². The lowest BCUT2D eigenvalue weighted by molar-refractivity contribution is 0.0940. The Hall–Kier alpha value is -2.34. The fourth-order valence-electron chi connectivity index (χ4n) is 2.97. The molecule has 3 rings (SSSR count). The summed E-state index contributed by atoms with van der Waals surface area (Å²) in [5, 5.41) is 7.17. The Kier molecular flexibility index (Phi) is 6.66. The lowest BCUT2D eigenvalue weighted by Gasteiger charge is -2.08. The number of ether oxygens (including phenoxy) is 2. The van der Waals surface area contributed by atoms with E-state index in [-0.39, 0.29) is 12.0 Å². The molecule has 6 nitrogen and oxygen atoms in total. The molecule has 0 saturated carbocycles. The first-order chi connectivity index (χ1) is 12.7. The third-order valence-corrected chi connectivity index (χ3v) is 4.44. The van der Waals surface area contributed by atoms with Gasteiger partial charge in [0.05, 0.1) is 31.1 Å². The van der Waals surface area contributed by atoms with Gasteiger partial charge in [-0.05, 0) is 43.5 Å². The molecule has 2 aromatic rings. The number of carbonyl (C=O) groups excluding carboxylic acids is 1. The average Bonchev–Trinajstić information content (AvgIpc) is 3.32. The maximum atomic E-state index is 12.4. The molecule has 1 aliphatic heterocycles. The fourth-order valence-corrected chi connectivity index (χ4v) is 2.97. The third-order valence-electron chi connectivity index (χ3n) is 4.44. The molecule has 26 heavy (non-hydrogen) atoms. The van der Waals surface area contributed by atoms with Crippen LogP contribution in [0.5, 0.6) is 5.75 Å². The molecule has 1 aromatic heterocycles. The number of unbranched alkanes of at least 4 members (excludes halogenated alkanes) is 2. The molecule has 0 bridgehead atoms. The third kappa shape index (κ3) is 5.33. The van der Waals surface area contributed by atoms with E-state index in [0.29, 0.717) is 17.9 Å². The number of anilines is 1. The molecule has 1 fully saturated rings. The molecule has 1 unspecified atom stereocenters. The summed E-state index contributed by atoms with van der Waals surface area (Å²) in [5.74, 6) is 0.640. The molecule has 1 aromatic carbocycles. The minimum absolute atomic E-state index is 0.154. The van der Waals surface area contributed by atoms with Crippen molar-refractivity contribution in [2.45, 2.75) is 51.7 Å². The normalized spacial score (nSPS) is 16.6. The molecule has 2 heterocycles. The molecular weight excluding hydrogens is 330 g/mol. The number of hydrogen-bond donors (Lipinski definition) is 1. The van der Waals surface area contributed by atoms with Crippen molar-refractivity contribution in [1.82, 2.24) is 9.78 Å². The number of amides is 1. The largest absolute Gasteiger partial charge is 0.494 e. The van der Waals surface area contributed by atoms with Gasteiger partial charge < -0.3 is 14.8 Å². The second kappa shape index (κ2) is 9.38. The van der Waals surface area contributed by atoms with Gasteiger partial charge in [-0.25, -0.2) is 0 Å². The number of hydrogen-bond acceptors (Lipinski definition) is 4. The summed E-state index contributed by atoms with van der Waals surface area (Å²) < 4.78 is 13.1. The predicted molar refractivity (Wildman–Crippen MR) is 101 cm³/mol. The number of rotatable bonds is 9. The van der Waals surface area contributed by atoms with E-state index in [9.17, 15) is 4.79 Å². The quantitative estimate of drug-likeness (QED) is 0.692. The molecular formula is C20H27N3O3. The molecule has 0 aliphatic carbocycles. The van der Waals surface area contributed by atoms with Crippen molar-refractivity contribution in [2.75, 3.05) is 18.5 Å². The van der Waals surface area contributed by atoms with Crippen LogP contribution in [-0.2, 0) is 11.3 Å². The van der Waals surface area contributed by atoms with Crippen LogP contribution in [0.4, 0.5) is 5.69 Å². The van der Waals surface area contributed by atoms with Crippen LogP contribution in [0.3, 0.4) is 0 Å². The van der Waals surface area contributed by atoms with Crippen LogP contribution in [0.1, 0.15) is 49.4 Å². The lowest BCUT2D eigenvalue weighted by Crippen LogP contribution is -2.15. The van der Waals surface area contributed by atoms with Crippen molar-refractivity contribution in [1.29, 1.82) is 0 Å². The van der Waals surface area contributed by atoms with Crippen LogP contribution in [0.2, 0.25) is 0 Å². The highest BCUT2D eigenvalue weighted by molar-refractivity contribution is 6.04. The number of nitrogens with one attached hydrogen (secondary N) is 1. The van der Waals surface area contributed by atoms with E-state index < -0.39 is 0 Å². The standard InChI is InChI=1S/C20H27N3O3/c1-2-3-4-11-25-18-9-7-16(8-10-18)20(24)22-17-13-21-23(14-17)15-19-6-5-12-26-19/h7-10,13-14,19H,2-6,11-12,15H2,1H3,(H,22,24). The first-order valence-corrected chi connectivity index (χ1v) is 9.43. The van der Waals surface area contributed by atoms with Crippen molar-refractivity contribution in [2.24, 2.45) is 0 Å². The van der Waals surface area contributed by atoms with Gasteiger partial charge >= 0.3 is 0 Å². The Balaban J connectivity index is 1.49. The van der Waals surface area contributed by atoms with Crippen molar-refractivity contribution in [3.63, 3.8) is 0 Å². The summed E-state index contributed by atoms with van der Waals surface area (Å²) in [7, 11) is 0. The Bertz CT molecular complexity index is 691. The molecule has 0 radical (unpaired) electrons. The number of aromatic nitrogens is 2. The van der Waals surface area contributed by atoms with Crippen LogP contribution in [0.25, 0.3) is 0 Å². The van der Waals surface area contributed by atoms with Gasteiger partial charge in [0.1, 0.15) is 5.75 Å². The van der Waals surface area contributed by atoms with Gasteiger partial charge in [0, 0.05) is 18.4 Å². The Morgan fingerprint density at radius 3 is 2.92 bits per heavy atom. The van der Waals surface area contributed by atoms with Crippen LogP contribution in [0.15, 0.2) is 36.7 Å². The molecule has 140 valence electrons. The molecule has 1 N–H and O–H groups in total. The summed E-state index contributed by atoms with van der Waals surface area (Å²) in [4.78, 5) is 12.4. The van der Waals surface area contributed by atoms with Crippen molar-refractivity contribution in [3.05, 3.63) is 42.2 Å². The first-order valence-electron chi connectivity index (χ1n) is 9.43. The molecule has 0 spiro atoms. The summed E-state index contributed by atoms with van der Waals surface area (Å²) in [6, 6.07) is 7.23. The molecule has 1 aliphatic rings. The highest BCUT2D eigenvalue weighted by Crippen LogP contribution is 2.17. The number of benzene rings is 1. The molecule has 1 atom stereocenters. The molecule has 6 heteroatoms. The van der Waals surface area contributed by atoms with E-state index in [4.69, 9.17) is 9.47 Å². The Labute approximate surface area is 154 Å². The van der Waals surface area contributed by atoms with Gasteiger partial charge in [0.25, 0.3) is 5.91 Å². The van der Waals surface area contributed by atoms with Crippen LogP contribution < -0.4 is 10.1 Å². The number of carbonyl (C=O) groups is 1. The predicted octanol–water partition coefficient (Wildman–Crippen LogP) is 3.88. The van der Waals surface area contributed by atoms with E-state index in [1.54, 1.807) is 18.3 Å². The summed E-state index contributed by atoms with van der Waals surface area (Å²) >= 11 is 0. The zero-order valence-corrected chi connectivity index (χ0v) is 15.3. The van der Waals surface area contributed by atoms with Gasteiger partial charge in [-0.3, -0.25) is 9.48 Å². The Morgan fingerprint density at radius 1 is 1.35 bits per heavy atom. The van der Waals surface area contributed by atoms with Gasteiger partial charge in [-0.1, -0.05) is 19.8 Å². The zero-order valence-electron chi connectivity index (χ0n) is 15.3. The maximum absolute atomic E-state index is 12.4. The van der Waals surface area contributed by atoms with E-state index in [2.05, 4.69) is 17.3 Å². The first kappa shape index (κ1) is 18.5. The van der Waals surface area contributed by atoms with E-state index in [1.165, 1.54) is 12.8 Å². The van der Waals surface area contributed by atoms with Crippen LogP contribution in [-0.4, -0.2) is 35.0 Å². The van der Waals surface area contributed by atoms with Gasteiger partial charge in [0.15, 0.2) is 0 Å². The smallest absolute Gasteiger partial charge is 0.255 e. The maximum Gasteiger partial charge on any atom is 0.255 e. The van der Waals surface area contributed by atoms with Gasteiger partial charge in [-0.15, -0.1) is 0 Å². The highest BCUT2D eigenvalue weighted by Gasteiger charge is 2.16. The van der Waals surface area contributed by atoms with Crippen molar-refractivity contribution in [3.8, 4) is 5.75 Å². The number of nitrogens with zero attached hydrogens (tertiary/aromatic N) is 2.